The number of rotatable bonds is 2. The molecular formula is C21H14N2O3S2. The Morgan fingerprint density at radius 2 is 2.07 bits per heavy atom. The second-order valence-corrected chi connectivity index (χ2v) is 7.76. The van der Waals surface area contributed by atoms with E-state index in [1.807, 2.05) is 31.2 Å². The van der Waals surface area contributed by atoms with Crippen LogP contribution >= 0.6 is 24.0 Å². The summed E-state index contributed by atoms with van der Waals surface area (Å²) >= 11 is 6.22. The Balaban J connectivity index is 1.70. The van der Waals surface area contributed by atoms with Crippen LogP contribution in [0.2, 0.25) is 0 Å². The number of hydrogen-bond donors (Lipinski definition) is 1. The number of thioether (sulfide) groups is 1. The van der Waals surface area contributed by atoms with Crippen molar-refractivity contribution in [3.8, 4) is 17.6 Å². The van der Waals surface area contributed by atoms with Crippen LogP contribution in [0.4, 0.5) is 0 Å². The molecule has 0 bridgehead atoms. The van der Waals surface area contributed by atoms with Gasteiger partial charge in [-0.2, -0.15) is 0 Å². The molecule has 1 N–H and O–H groups in total. The zero-order valence-corrected chi connectivity index (χ0v) is 16.7. The minimum atomic E-state index is -0.219. The van der Waals surface area contributed by atoms with Gasteiger partial charge in [0.2, 0.25) is 0 Å². The number of methoxy groups -OCH3 is 1. The van der Waals surface area contributed by atoms with Gasteiger partial charge < -0.3 is 14.5 Å². The lowest BCUT2D eigenvalue weighted by Gasteiger charge is -2.02. The molecule has 0 radical (unpaired) electrons. The number of furan rings is 1. The number of aromatic nitrogens is 1. The second-order valence-electron chi connectivity index (χ2n) is 6.04. The molecule has 3 aromatic rings. The van der Waals surface area contributed by atoms with Crippen LogP contribution in [0.5, 0.6) is 5.75 Å². The van der Waals surface area contributed by atoms with Crippen molar-refractivity contribution >= 4 is 51.3 Å². The summed E-state index contributed by atoms with van der Waals surface area (Å²) in [7, 11) is 1.64. The van der Waals surface area contributed by atoms with Crippen molar-refractivity contribution in [3.63, 3.8) is 0 Å². The van der Waals surface area contributed by atoms with Crippen molar-refractivity contribution in [2.75, 3.05) is 7.11 Å². The fourth-order valence-electron chi connectivity index (χ4n) is 2.73. The van der Waals surface area contributed by atoms with Gasteiger partial charge in [-0.1, -0.05) is 35.8 Å². The molecule has 1 aliphatic heterocycles. The van der Waals surface area contributed by atoms with Crippen molar-refractivity contribution < 1.29 is 13.9 Å². The summed E-state index contributed by atoms with van der Waals surface area (Å²) in [5, 5.41) is 3.40. The zero-order chi connectivity index (χ0) is 19.7. The topological polar surface area (TPSA) is 64.4 Å². The van der Waals surface area contributed by atoms with Gasteiger partial charge in [0.25, 0.3) is 5.91 Å². The molecule has 2 aromatic heterocycles. The maximum absolute atomic E-state index is 11.8. The molecule has 138 valence electrons. The van der Waals surface area contributed by atoms with Crippen molar-refractivity contribution in [1.82, 2.24) is 10.3 Å². The summed E-state index contributed by atoms with van der Waals surface area (Å²) in [6.07, 6.45) is 5.04. The standard InChI is InChI=1S/C21H14N2O3S2/c1-12-7-16(25-2)6-5-13(12)3-4-14-10-22-11-15-8-17(26-19(14)15)9-18-20(24)23-21(27)28-18/h5-11H,1-2H3,(H,23,24,27). The van der Waals surface area contributed by atoms with Gasteiger partial charge in [0.1, 0.15) is 15.8 Å². The lowest BCUT2D eigenvalue weighted by molar-refractivity contribution is -0.115. The summed E-state index contributed by atoms with van der Waals surface area (Å²) in [5.41, 5.74) is 3.24. The molecule has 4 rings (SSSR count). The average molecular weight is 406 g/mol. The summed E-state index contributed by atoms with van der Waals surface area (Å²) < 4.78 is 11.6. The number of carbonyl (C=O) groups excluding carboxylic acids is 1. The first-order valence-corrected chi connectivity index (χ1v) is 9.55. The molecular weight excluding hydrogens is 392 g/mol. The van der Waals surface area contributed by atoms with Gasteiger partial charge in [-0.25, -0.2) is 0 Å². The monoisotopic (exact) mass is 406 g/mol. The van der Waals surface area contributed by atoms with Gasteiger partial charge in [0, 0.05) is 29.4 Å². The van der Waals surface area contributed by atoms with Crippen LogP contribution in [-0.2, 0) is 4.79 Å². The molecule has 0 unspecified atom stereocenters. The highest BCUT2D eigenvalue weighted by molar-refractivity contribution is 8.26. The Hall–Kier alpha value is -3.08. The van der Waals surface area contributed by atoms with Crippen molar-refractivity contribution in [2.45, 2.75) is 6.92 Å². The molecule has 1 aromatic carbocycles. The van der Waals surface area contributed by atoms with Gasteiger partial charge >= 0.3 is 0 Å². The zero-order valence-electron chi connectivity index (χ0n) is 15.0. The minimum absolute atomic E-state index is 0.219. The largest absolute Gasteiger partial charge is 0.497 e. The smallest absolute Gasteiger partial charge is 0.263 e. The highest BCUT2D eigenvalue weighted by atomic mass is 32.2. The van der Waals surface area contributed by atoms with E-state index in [0.29, 0.717) is 26.1 Å². The van der Waals surface area contributed by atoms with Gasteiger partial charge in [0.05, 0.1) is 17.6 Å². The Morgan fingerprint density at radius 3 is 2.79 bits per heavy atom. The highest BCUT2D eigenvalue weighted by Gasteiger charge is 2.22. The van der Waals surface area contributed by atoms with E-state index in [2.05, 4.69) is 22.1 Å². The lowest BCUT2D eigenvalue weighted by Crippen LogP contribution is -2.17. The molecule has 1 aliphatic rings. The van der Waals surface area contributed by atoms with Gasteiger partial charge in [-0.3, -0.25) is 9.78 Å². The fraction of sp³-hybridized carbons (Fsp3) is 0.0952. The molecule has 0 atom stereocenters. The number of hydrogen-bond acceptors (Lipinski definition) is 6. The van der Waals surface area contributed by atoms with Gasteiger partial charge in [-0.05, 0) is 36.8 Å². The molecule has 7 heteroatoms. The van der Waals surface area contributed by atoms with E-state index >= 15 is 0 Å². The van der Waals surface area contributed by atoms with Crippen LogP contribution < -0.4 is 10.1 Å². The molecule has 1 fully saturated rings. The van der Waals surface area contributed by atoms with Crippen LogP contribution in [0, 0.1) is 18.8 Å². The van der Waals surface area contributed by atoms with Gasteiger partial charge in [-0.15, -0.1) is 0 Å². The van der Waals surface area contributed by atoms with E-state index in [9.17, 15) is 4.79 Å². The summed E-state index contributed by atoms with van der Waals surface area (Å²) in [6.45, 7) is 1.98. The summed E-state index contributed by atoms with van der Waals surface area (Å²) in [6, 6.07) is 7.57. The number of nitrogens with one attached hydrogen (secondary N) is 1. The predicted octanol–water partition coefficient (Wildman–Crippen LogP) is 4.03. The molecule has 28 heavy (non-hydrogen) atoms. The number of amides is 1. The Morgan fingerprint density at radius 1 is 1.25 bits per heavy atom. The first-order valence-electron chi connectivity index (χ1n) is 8.32. The van der Waals surface area contributed by atoms with Crippen LogP contribution in [0.25, 0.3) is 17.0 Å². The van der Waals surface area contributed by atoms with E-state index in [4.69, 9.17) is 21.4 Å². The summed E-state index contributed by atoms with van der Waals surface area (Å²) in [5.74, 6) is 7.42. The van der Waals surface area contributed by atoms with E-state index < -0.39 is 0 Å². The molecule has 0 spiro atoms. The highest BCUT2D eigenvalue weighted by Crippen LogP contribution is 2.29. The first kappa shape index (κ1) is 18.3. The number of aryl methyl sites for hydroxylation is 1. The Kier molecular flexibility index (Phi) is 4.90. The quantitative estimate of drug-likeness (QED) is 0.394. The fourth-order valence-corrected chi connectivity index (χ4v) is 3.75. The summed E-state index contributed by atoms with van der Waals surface area (Å²) in [4.78, 5) is 16.6. The van der Waals surface area contributed by atoms with E-state index in [1.165, 1.54) is 11.8 Å². The van der Waals surface area contributed by atoms with Gasteiger partial charge in [0.15, 0.2) is 5.58 Å². The molecule has 3 heterocycles. The Labute approximate surface area is 171 Å². The molecule has 0 saturated carbocycles. The average Bonchev–Trinajstić information content (AvgIpc) is 3.23. The third-order valence-corrected chi connectivity index (χ3v) is 5.29. The van der Waals surface area contributed by atoms with Crippen molar-refractivity contribution in [3.05, 3.63) is 64.0 Å². The number of ether oxygens (including phenoxy) is 1. The molecule has 5 nitrogen and oxygen atoms in total. The minimum Gasteiger partial charge on any atom is -0.497 e. The number of benzene rings is 1. The third kappa shape index (κ3) is 3.65. The number of nitrogens with zero attached hydrogens (tertiary/aromatic N) is 1. The van der Waals surface area contributed by atoms with Crippen molar-refractivity contribution in [2.24, 2.45) is 0 Å². The normalized spacial score (nSPS) is 14.9. The maximum Gasteiger partial charge on any atom is 0.263 e. The SMILES string of the molecule is COc1ccc(C#Cc2cncc3cc(C=C4SC(=S)NC4=O)oc23)c(C)c1. The number of carbonyl (C=O) groups is 1. The number of thiocarbonyl (C=S) groups is 1. The third-order valence-electron chi connectivity index (χ3n) is 4.12. The predicted molar refractivity (Wildman–Crippen MR) is 114 cm³/mol. The van der Waals surface area contributed by atoms with Crippen molar-refractivity contribution in [1.29, 1.82) is 0 Å². The molecule has 0 aliphatic carbocycles. The Bertz CT molecular complexity index is 1220. The second kappa shape index (κ2) is 7.50. The first-order chi connectivity index (χ1) is 13.5. The maximum atomic E-state index is 11.8. The van der Waals surface area contributed by atoms with E-state index in [1.54, 1.807) is 25.6 Å². The lowest BCUT2D eigenvalue weighted by atomic mass is 10.1. The molecule has 1 saturated heterocycles. The van der Waals surface area contributed by atoms with Crippen LogP contribution in [0.3, 0.4) is 0 Å². The van der Waals surface area contributed by atoms with E-state index in [0.717, 1.165) is 22.3 Å². The van der Waals surface area contributed by atoms with Crippen LogP contribution in [0.15, 0.2) is 46.0 Å². The number of pyridine rings is 1. The van der Waals surface area contributed by atoms with E-state index in [-0.39, 0.29) is 5.91 Å². The molecule has 1 amide bonds. The number of fused-ring (bicyclic) bond motifs is 1. The van der Waals surface area contributed by atoms with Crippen LogP contribution in [-0.4, -0.2) is 22.3 Å². The van der Waals surface area contributed by atoms with Crippen LogP contribution in [0.1, 0.15) is 22.5 Å².